The predicted molar refractivity (Wildman–Crippen MR) is 80.7 cm³/mol. The SMILES string of the molecule is COc1cc(OC)cc(N2CC(C(=O)NCC(=O)O)CC2=O)c1. The van der Waals surface area contributed by atoms with Gasteiger partial charge in [0.25, 0.3) is 0 Å². The molecule has 1 aliphatic heterocycles. The first-order valence-electron chi connectivity index (χ1n) is 6.97. The van der Waals surface area contributed by atoms with Gasteiger partial charge < -0.3 is 24.8 Å². The number of anilines is 1. The Morgan fingerprint density at radius 2 is 1.87 bits per heavy atom. The highest BCUT2D eigenvalue weighted by Crippen LogP contribution is 2.32. The van der Waals surface area contributed by atoms with Gasteiger partial charge in [-0.1, -0.05) is 0 Å². The van der Waals surface area contributed by atoms with Gasteiger partial charge >= 0.3 is 5.97 Å². The maximum atomic E-state index is 12.2. The highest BCUT2D eigenvalue weighted by molar-refractivity contribution is 6.00. The van der Waals surface area contributed by atoms with Crippen molar-refractivity contribution >= 4 is 23.5 Å². The van der Waals surface area contributed by atoms with Gasteiger partial charge in [0, 0.05) is 31.2 Å². The third-order valence-corrected chi connectivity index (χ3v) is 3.56. The molecule has 8 heteroatoms. The summed E-state index contributed by atoms with van der Waals surface area (Å²) in [6.45, 7) is -0.281. The summed E-state index contributed by atoms with van der Waals surface area (Å²) in [6, 6.07) is 5.04. The smallest absolute Gasteiger partial charge is 0.322 e. The number of carbonyl (C=O) groups is 3. The zero-order valence-electron chi connectivity index (χ0n) is 12.9. The second kappa shape index (κ2) is 6.99. The quantitative estimate of drug-likeness (QED) is 0.778. The zero-order chi connectivity index (χ0) is 17.0. The van der Waals surface area contributed by atoms with Crippen LogP contribution in [0, 0.1) is 5.92 Å². The lowest BCUT2D eigenvalue weighted by atomic mass is 10.1. The predicted octanol–water partition coefficient (Wildman–Crippen LogP) is 0.257. The van der Waals surface area contributed by atoms with Gasteiger partial charge in [0.2, 0.25) is 11.8 Å². The van der Waals surface area contributed by atoms with E-state index in [1.807, 2.05) is 0 Å². The molecule has 1 atom stereocenters. The van der Waals surface area contributed by atoms with E-state index >= 15 is 0 Å². The molecule has 1 unspecified atom stereocenters. The lowest BCUT2D eigenvalue weighted by molar-refractivity contribution is -0.138. The van der Waals surface area contributed by atoms with Crippen molar-refractivity contribution in [2.24, 2.45) is 5.92 Å². The molecule has 1 fully saturated rings. The Morgan fingerprint density at radius 3 is 2.39 bits per heavy atom. The number of carboxylic acids is 1. The molecule has 2 rings (SSSR count). The van der Waals surface area contributed by atoms with Gasteiger partial charge in [-0.25, -0.2) is 0 Å². The van der Waals surface area contributed by atoms with Crippen molar-refractivity contribution < 1.29 is 29.0 Å². The Morgan fingerprint density at radius 1 is 1.26 bits per heavy atom. The van der Waals surface area contributed by atoms with Crippen molar-refractivity contribution in [2.45, 2.75) is 6.42 Å². The van der Waals surface area contributed by atoms with Gasteiger partial charge in [0.15, 0.2) is 0 Å². The average Bonchev–Trinajstić information content (AvgIpc) is 2.93. The molecule has 1 aliphatic rings. The number of hydrogen-bond donors (Lipinski definition) is 2. The molecule has 0 spiro atoms. The van der Waals surface area contributed by atoms with Gasteiger partial charge in [-0.15, -0.1) is 0 Å². The van der Waals surface area contributed by atoms with Crippen molar-refractivity contribution in [3.05, 3.63) is 18.2 Å². The number of methoxy groups -OCH3 is 2. The van der Waals surface area contributed by atoms with E-state index in [0.717, 1.165) is 0 Å². The maximum absolute atomic E-state index is 12.2. The average molecular weight is 322 g/mol. The number of carbonyl (C=O) groups excluding carboxylic acids is 2. The second-order valence-electron chi connectivity index (χ2n) is 5.09. The van der Waals surface area contributed by atoms with Crippen LogP contribution in [0.2, 0.25) is 0 Å². The molecule has 2 amide bonds. The molecule has 0 radical (unpaired) electrons. The molecule has 1 aromatic carbocycles. The van der Waals surface area contributed by atoms with E-state index in [-0.39, 0.29) is 18.9 Å². The number of ether oxygens (including phenoxy) is 2. The number of carboxylic acid groups (broad SMARTS) is 1. The van der Waals surface area contributed by atoms with Crippen LogP contribution in [-0.2, 0) is 14.4 Å². The Bertz CT molecular complexity index is 608. The number of rotatable bonds is 6. The molecule has 1 saturated heterocycles. The van der Waals surface area contributed by atoms with Crippen LogP contribution in [0.5, 0.6) is 11.5 Å². The topological polar surface area (TPSA) is 105 Å². The number of nitrogens with one attached hydrogen (secondary N) is 1. The van der Waals surface area contributed by atoms with Crippen LogP contribution in [0.4, 0.5) is 5.69 Å². The first kappa shape index (κ1) is 16.6. The maximum Gasteiger partial charge on any atom is 0.322 e. The van der Waals surface area contributed by atoms with Crippen LogP contribution < -0.4 is 19.7 Å². The van der Waals surface area contributed by atoms with Gasteiger partial charge in [-0.05, 0) is 0 Å². The number of aliphatic carboxylic acids is 1. The lowest BCUT2D eigenvalue weighted by Crippen LogP contribution is -2.36. The first-order valence-corrected chi connectivity index (χ1v) is 6.97. The van der Waals surface area contributed by atoms with Crippen molar-refractivity contribution in [3.63, 3.8) is 0 Å². The van der Waals surface area contributed by atoms with Crippen LogP contribution >= 0.6 is 0 Å². The van der Waals surface area contributed by atoms with Crippen LogP contribution in [0.15, 0.2) is 18.2 Å². The normalized spacial score (nSPS) is 17.0. The van der Waals surface area contributed by atoms with Crippen molar-refractivity contribution in [2.75, 3.05) is 32.2 Å². The fraction of sp³-hybridized carbons (Fsp3) is 0.400. The van der Waals surface area contributed by atoms with Gasteiger partial charge in [0.05, 0.1) is 25.8 Å². The van der Waals surface area contributed by atoms with Gasteiger partial charge in [-0.2, -0.15) is 0 Å². The molecule has 124 valence electrons. The van der Waals surface area contributed by atoms with E-state index in [2.05, 4.69) is 5.32 Å². The fourth-order valence-electron chi connectivity index (χ4n) is 2.39. The summed E-state index contributed by atoms with van der Waals surface area (Å²) in [5.41, 5.74) is 0.569. The van der Waals surface area contributed by atoms with Crippen LogP contribution in [-0.4, -0.2) is 50.2 Å². The van der Waals surface area contributed by atoms with E-state index < -0.39 is 24.3 Å². The molecule has 0 saturated carbocycles. The summed E-state index contributed by atoms with van der Waals surface area (Å²) in [7, 11) is 3.01. The zero-order valence-corrected chi connectivity index (χ0v) is 12.9. The minimum absolute atomic E-state index is 0.0327. The first-order chi connectivity index (χ1) is 10.9. The Balaban J connectivity index is 2.14. The number of benzene rings is 1. The Labute approximate surface area is 133 Å². The summed E-state index contributed by atoms with van der Waals surface area (Å²) < 4.78 is 10.3. The van der Waals surface area contributed by atoms with Crippen LogP contribution in [0.1, 0.15) is 6.42 Å². The molecule has 0 aromatic heterocycles. The monoisotopic (exact) mass is 322 g/mol. The molecule has 2 N–H and O–H groups in total. The number of hydrogen-bond acceptors (Lipinski definition) is 5. The Kier molecular flexibility index (Phi) is 5.05. The van der Waals surface area contributed by atoms with E-state index in [4.69, 9.17) is 14.6 Å². The molecular formula is C15H18N2O6. The number of amides is 2. The molecule has 1 aromatic rings. The van der Waals surface area contributed by atoms with Crippen molar-refractivity contribution in [1.82, 2.24) is 5.32 Å². The third-order valence-electron chi connectivity index (χ3n) is 3.56. The third kappa shape index (κ3) is 3.91. The summed E-state index contributed by atoms with van der Waals surface area (Å²) in [6.07, 6.45) is 0.0327. The van der Waals surface area contributed by atoms with Crippen molar-refractivity contribution in [1.29, 1.82) is 0 Å². The summed E-state index contributed by atoms with van der Waals surface area (Å²) >= 11 is 0. The minimum Gasteiger partial charge on any atom is -0.497 e. The fourth-order valence-corrected chi connectivity index (χ4v) is 2.39. The molecule has 0 aliphatic carbocycles. The summed E-state index contributed by atoms with van der Waals surface area (Å²) in [5, 5.41) is 10.9. The Hall–Kier alpha value is -2.77. The lowest BCUT2D eigenvalue weighted by Gasteiger charge is -2.18. The van der Waals surface area contributed by atoms with Crippen LogP contribution in [0.3, 0.4) is 0 Å². The van der Waals surface area contributed by atoms with Gasteiger partial charge in [-0.3, -0.25) is 14.4 Å². The van der Waals surface area contributed by atoms with Crippen LogP contribution in [0.25, 0.3) is 0 Å². The van der Waals surface area contributed by atoms with Gasteiger partial charge in [0.1, 0.15) is 18.0 Å². The van der Waals surface area contributed by atoms with E-state index in [1.54, 1.807) is 18.2 Å². The molecule has 0 bridgehead atoms. The highest BCUT2D eigenvalue weighted by Gasteiger charge is 2.35. The summed E-state index contributed by atoms with van der Waals surface area (Å²) in [5.74, 6) is -1.30. The minimum atomic E-state index is -1.13. The highest BCUT2D eigenvalue weighted by atomic mass is 16.5. The standard InChI is InChI=1S/C15H18N2O6/c1-22-11-4-10(5-12(6-11)23-2)17-8-9(3-13(17)18)15(21)16-7-14(19)20/h4-6,9H,3,7-8H2,1-2H3,(H,16,21)(H,19,20). The number of nitrogens with zero attached hydrogens (tertiary/aromatic N) is 1. The van der Waals surface area contributed by atoms with E-state index in [9.17, 15) is 14.4 Å². The second-order valence-corrected chi connectivity index (χ2v) is 5.09. The summed E-state index contributed by atoms with van der Waals surface area (Å²) in [4.78, 5) is 36.0. The van der Waals surface area contributed by atoms with E-state index in [1.165, 1.54) is 19.1 Å². The molecule has 8 nitrogen and oxygen atoms in total. The molecule has 1 heterocycles. The van der Waals surface area contributed by atoms with E-state index in [0.29, 0.717) is 17.2 Å². The molecule has 23 heavy (non-hydrogen) atoms. The molecular weight excluding hydrogens is 304 g/mol. The van der Waals surface area contributed by atoms with Crippen molar-refractivity contribution in [3.8, 4) is 11.5 Å². The largest absolute Gasteiger partial charge is 0.497 e.